The molecule has 0 aliphatic rings. The van der Waals surface area contributed by atoms with Gasteiger partial charge in [-0.1, -0.05) is 23.7 Å². The molecule has 2 aromatic heterocycles. The Morgan fingerprint density at radius 1 is 1.13 bits per heavy atom. The molecule has 5 aromatic rings. The van der Waals surface area contributed by atoms with E-state index in [1.165, 1.54) is 18.0 Å². The van der Waals surface area contributed by atoms with Crippen molar-refractivity contribution in [3.8, 4) is 23.1 Å². The maximum atomic E-state index is 13.5. The van der Waals surface area contributed by atoms with E-state index in [1.807, 2.05) is 13.0 Å². The Morgan fingerprint density at radius 2 is 1.95 bits per heavy atom. The van der Waals surface area contributed by atoms with Crippen LogP contribution >= 0.6 is 11.6 Å². The van der Waals surface area contributed by atoms with Gasteiger partial charge in [0.2, 0.25) is 5.82 Å². The highest BCUT2D eigenvalue weighted by molar-refractivity contribution is 6.31. The number of nitrogens with zero attached hydrogens (tertiary/aromatic N) is 3. The van der Waals surface area contributed by atoms with Crippen molar-refractivity contribution in [3.63, 3.8) is 0 Å². The molecule has 10 heteroatoms. The summed E-state index contributed by atoms with van der Waals surface area (Å²) in [7, 11) is 1.30. The molecule has 39 heavy (non-hydrogen) atoms. The zero-order valence-corrected chi connectivity index (χ0v) is 22.1. The Bertz CT molecular complexity index is 1770. The van der Waals surface area contributed by atoms with E-state index < -0.39 is 12.1 Å². The van der Waals surface area contributed by atoms with Crippen LogP contribution in [0.2, 0.25) is 5.02 Å². The van der Waals surface area contributed by atoms with Crippen molar-refractivity contribution >= 4 is 45.7 Å². The zero-order chi connectivity index (χ0) is 27.5. The van der Waals surface area contributed by atoms with Crippen LogP contribution in [0.15, 0.2) is 81.0 Å². The molecule has 0 unspecified atom stereocenters. The molecule has 0 radical (unpaired) electrons. The summed E-state index contributed by atoms with van der Waals surface area (Å²) in [5.41, 5.74) is 1.38. The van der Waals surface area contributed by atoms with Crippen LogP contribution in [0.4, 0.5) is 0 Å². The van der Waals surface area contributed by atoms with Crippen LogP contribution < -0.4 is 15.0 Å². The van der Waals surface area contributed by atoms with Gasteiger partial charge in [0.15, 0.2) is 23.4 Å². The van der Waals surface area contributed by atoms with Crippen molar-refractivity contribution < 1.29 is 23.4 Å². The molecule has 9 nitrogen and oxygen atoms in total. The van der Waals surface area contributed by atoms with E-state index in [2.05, 4.69) is 10.1 Å². The lowest BCUT2D eigenvalue weighted by atomic mass is 10.2. The van der Waals surface area contributed by atoms with E-state index in [0.717, 1.165) is 5.39 Å². The van der Waals surface area contributed by atoms with Crippen molar-refractivity contribution in [2.75, 3.05) is 13.7 Å². The van der Waals surface area contributed by atoms with Gasteiger partial charge in [0.05, 0.1) is 30.8 Å². The van der Waals surface area contributed by atoms with Gasteiger partial charge in [0.25, 0.3) is 5.56 Å². The first-order chi connectivity index (χ1) is 18.9. The van der Waals surface area contributed by atoms with Crippen molar-refractivity contribution in [1.29, 1.82) is 0 Å². The number of ether oxygens (including phenoxy) is 3. The number of carbonyl (C=O) groups excluding carboxylic acids is 1. The highest BCUT2D eigenvalue weighted by Gasteiger charge is 2.19. The Hall–Kier alpha value is -4.63. The number of methoxy groups -OCH3 is 1. The third-order valence-electron chi connectivity index (χ3n) is 5.88. The Kier molecular flexibility index (Phi) is 7.33. The lowest BCUT2D eigenvalue weighted by molar-refractivity contribution is -0.147. The van der Waals surface area contributed by atoms with Gasteiger partial charge in [0.1, 0.15) is 5.58 Å². The largest absolute Gasteiger partial charge is 0.490 e. The molecular formula is C29H24ClN3O6. The van der Waals surface area contributed by atoms with Crippen LogP contribution in [0.25, 0.3) is 33.5 Å². The highest BCUT2D eigenvalue weighted by atomic mass is 35.5. The van der Waals surface area contributed by atoms with Crippen molar-refractivity contribution in [2.45, 2.75) is 20.0 Å². The number of rotatable bonds is 8. The number of esters is 1. The minimum absolute atomic E-state index is 0.235. The van der Waals surface area contributed by atoms with Gasteiger partial charge in [-0.05, 0) is 74.0 Å². The van der Waals surface area contributed by atoms with E-state index >= 15 is 0 Å². The van der Waals surface area contributed by atoms with Gasteiger partial charge < -0.3 is 18.6 Å². The number of furan rings is 1. The molecule has 0 bridgehead atoms. The number of para-hydroxylation sites is 1. The first-order valence-corrected chi connectivity index (χ1v) is 12.5. The average molecular weight is 546 g/mol. The summed E-state index contributed by atoms with van der Waals surface area (Å²) in [6, 6.07) is 19.2. The third-order valence-corrected chi connectivity index (χ3v) is 6.11. The number of halogens is 1. The number of carbonyl (C=O) groups is 1. The topological polar surface area (TPSA) is 105 Å². The predicted molar refractivity (Wildman–Crippen MR) is 149 cm³/mol. The first kappa shape index (κ1) is 26.0. The molecule has 0 aliphatic heterocycles. The van der Waals surface area contributed by atoms with Crippen LogP contribution in [-0.2, 0) is 9.53 Å². The summed E-state index contributed by atoms with van der Waals surface area (Å²) in [6.45, 7) is 3.79. The molecule has 3 aromatic carbocycles. The standard InChI is InChI=1S/C29H24ClN3O6/c1-4-37-25-13-18(9-11-24(25)38-17(2)29(35)36-3)16-31-33-27(32-22-8-6-5-7-21(22)28(33)34)26-15-19-14-20(30)10-12-23(19)39-26/h5-17H,4H2,1-3H3/t17-/m0/s1. The van der Waals surface area contributed by atoms with Crippen LogP contribution in [0.5, 0.6) is 11.5 Å². The molecule has 0 N–H and O–H groups in total. The molecule has 0 spiro atoms. The lowest BCUT2D eigenvalue weighted by Crippen LogP contribution is -2.25. The predicted octanol–water partition coefficient (Wildman–Crippen LogP) is 5.68. The molecular weight excluding hydrogens is 522 g/mol. The van der Waals surface area contributed by atoms with Gasteiger partial charge in [-0.15, -0.1) is 0 Å². The number of benzene rings is 3. The Labute approximate surface area is 228 Å². The average Bonchev–Trinajstić information content (AvgIpc) is 3.36. The second-order valence-electron chi connectivity index (χ2n) is 8.53. The summed E-state index contributed by atoms with van der Waals surface area (Å²) in [6.07, 6.45) is 0.689. The SMILES string of the molecule is CCOc1cc(C=Nn2c(-c3cc4cc(Cl)ccc4o3)nc3ccccc3c2=O)ccc1O[C@@H](C)C(=O)OC. The molecule has 1 atom stereocenters. The van der Waals surface area contributed by atoms with E-state index in [-0.39, 0.29) is 11.4 Å². The molecule has 2 heterocycles. The van der Waals surface area contributed by atoms with Crippen molar-refractivity contribution in [3.05, 3.63) is 87.7 Å². The van der Waals surface area contributed by atoms with Crippen molar-refractivity contribution in [1.82, 2.24) is 9.66 Å². The van der Waals surface area contributed by atoms with E-state index in [1.54, 1.807) is 67.6 Å². The highest BCUT2D eigenvalue weighted by Crippen LogP contribution is 2.30. The molecule has 198 valence electrons. The van der Waals surface area contributed by atoms with E-state index in [9.17, 15) is 9.59 Å². The minimum atomic E-state index is -0.822. The summed E-state index contributed by atoms with van der Waals surface area (Å²) in [5.74, 6) is 0.877. The second-order valence-corrected chi connectivity index (χ2v) is 8.97. The van der Waals surface area contributed by atoms with Gasteiger partial charge >= 0.3 is 5.97 Å². The smallest absolute Gasteiger partial charge is 0.346 e. The lowest BCUT2D eigenvalue weighted by Gasteiger charge is -2.16. The van der Waals surface area contributed by atoms with E-state index in [4.69, 9.17) is 30.2 Å². The summed E-state index contributed by atoms with van der Waals surface area (Å²) < 4.78 is 23.4. The van der Waals surface area contributed by atoms with Crippen LogP contribution in [0.1, 0.15) is 19.4 Å². The molecule has 0 saturated heterocycles. The summed E-state index contributed by atoms with van der Waals surface area (Å²) in [5, 5.41) is 6.23. The number of aromatic nitrogens is 2. The fourth-order valence-electron chi connectivity index (χ4n) is 4.01. The maximum absolute atomic E-state index is 13.5. The van der Waals surface area contributed by atoms with E-state index in [0.29, 0.717) is 50.9 Å². The van der Waals surface area contributed by atoms with Gasteiger partial charge in [0, 0.05) is 10.4 Å². The molecule has 5 rings (SSSR count). The summed E-state index contributed by atoms with van der Waals surface area (Å²) >= 11 is 6.14. The van der Waals surface area contributed by atoms with Gasteiger partial charge in [-0.2, -0.15) is 9.78 Å². The molecule has 0 fully saturated rings. The monoisotopic (exact) mass is 545 g/mol. The Morgan fingerprint density at radius 3 is 2.74 bits per heavy atom. The Balaban J connectivity index is 1.58. The number of fused-ring (bicyclic) bond motifs is 2. The van der Waals surface area contributed by atoms with Crippen molar-refractivity contribution in [2.24, 2.45) is 5.10 Å². The number of hydrogen-bond acceptors (Lipinski definition) is 8. The molecule has 0 amide bonds. The summed E-state index contributed by atoms with van der Waals surface area (Å²) in [4.78, 5) is 30.0. The van der Waals surface area contributed by atoms with Crippen LogP contribution in [0.3, 0.4) is 0 Å². The third kappa shape index (κ3) is 5.35. The fraction of sp³-hybridized carbons (Fsp3) is 0.172. The maximum Gasteiger partial charge on any atom is 0.346 e. The minimum Gasteiger partial charge on any atom is -0.490 e. The molecule has 0 saturated carbocycles. The van der Waals surface area contributed by atoms with Crippen LogP contribution in [-0.4, -0.2) is 41.7 Å². The quantitative estimate of drug-likeness (QED) is 0.182. The van der Waals surface area contributed by atoms with Gasteiger partial charge in [-0.3, -0.25) is 4.79 Å². The second kappa shape index (κ2) is 11.0. The molecule has 0 aliphatic carbocycles. The normalized spacial score (nSPS) is 12.2. The fourth-order valence-corrected chi connectivity index (χ4v) is 4.19. The van der Waals surface area contributed by atoms with Crippen LogP contribution in [0, 0.1) is 0 Å². The number of hydrogen-bond donors (Lipinski definition) is 0. The van der Waals surface area contributed by atoms with Gasteiger partial charge in [-0.25, -0.2) is 9.78 Å². The first-order valence-electron chi connectivity index (χ1n) is 12.1. The zero-order valence-electron chi connectivity index (χ0n) is 21.4.